The van der Waals surface area contributed by atoms with Gasteiger partial charge < -0.3 is 10.2 Å². The molecular weight excluding hydrogens is 216 g/mol. The molecule has 0 heterocycles. The number of hydrogen-bond acceptors (Lipinski definition) is 2. The monoisotopic (exact) mass is 234 g/mol. The van der Waals surface area contributed by atoms with Gasteiger partial charge in [0, 0.05) is 0 Å². The van der Waals surface area contributed by atoms with E-state index in [1.165, 1.54) is 0 Å². The maximum Gasteiger partial charge on any atom is 0.314 e. The minimum Gasteiger partial charge on any atom is -0.508 e. The van der Waals surface area contributed by atoms with Crippen molar-refractivity contribution in [2.24, 2.45) is 0 Å². The number of rotatable bonds is 2. The number of benzene rings is 1. The molecule has 0 aliphatic heterocycles. The first kappa shape index (κ1) is 12.0. The molecule has 3 heteroatoms. The van der Waals surface area contributed by atoms with E-state index in [1.807, 2.05) is 13.8 Å². The van der Waals surface area contributed by atoms with Crippen LogP contribution in [0.1, 0.15) is 42.4 Å². The molecule has 1 aromatic carbocycles. The minimum absolute atomic E-state index is 0.241. The summed E-state index contributed by atoms with van der Waals surface area (Å²) in [6, 6.07) is 3.39. The Kier molecular flexibility index (Phi) is 2.86. The number of carboxylic acid groups (broad SMARTS) is 1. The third-order valence-corrected chi connectivity index (χ3v) is 4.14. The number of aliphatic carboxylic acids is 1. The van der Waals surface area contributed by atoms with Crippen molar-refractivity contribution in [2.75, 3.05) is 0 Å². The maximum atomic E-state index is 11.6. The second kappa shape index (κ2) is 4.06. The highest BCUT2D eigenvalue weighted by atomic mass is 16.4. The highest BCUT2D eigenvalue weighted by molar-refractivity contribution is 5.82. The van der Waals surface area contributed by atoms with E-state index in [9.17, 15) is 15.0 Å². The van der Waals surface area contributed by atoms with Crippen LogP contribution in [0, 0.1) is 13.8 Å². The fraction of sp³-hybridized carbons (Fsp3) is 0.500. The van der Waals surface area contributed by atoms with Crippen molar-refractivity contribution in [2.45, 2.75) is 44.9 Å². The van der Waals surface area contributed by atoms with Crippen molar-refractivity contribution < 1.29 is 15.0 Å². The van der Waals surface area contributed by atoms with E-state index in [2.05, 4.69) is 0 Å². The largest absolute Gasteiger partial charge is 0.508 e. The Bertz CT molecular complexity index is 457. The molecule has 92 valence electrons. The van der Waals surface area contributed by atoms with Gasteiger partial charge in [0.2, 0.25) is 0 Å². The topological polar surface area (TPSA) is 57.5 Å². The van der Waals surface area contributed by atoms with Gasteiger partial charge in [0.1, 0.15) is 5.75 Å². The number of carbonyl (C=O) groups is 1. The van der Waals surface area contributed by atoms with E-state index < -0.39 is 11.4 Å². The van der Waals surface area contributed by atoms with Gasteiger partial charge in [0.05, 0.1) is 5.41 Å². The van der Waals surface area contributed by atoms with E-state index in [0.29, 0.717) is 12.8 Å². The van der Waals surface area contributed by atoms with Crippen molar-refractivity contribution in [3.63, 3.8) is 0 Å². The lowest BCUT2D eigenvalue weighted by molar-refractivity contribution is -0.143. The van der Waals surface area contributed by atoms with Gasteiger partial charge in [-0.3, -0.25) is 4.79 Å². The van der Waals surface area contributed by atoms with Crippen molar-refractivity contribution in [1.29, 1.82) is 0 Å². The molecule has 1 aliphatic rings. The lowest BCUT2D eigenvalue weighted by Gasteiger charge is -2.27. The first-order chi connectivity index (χ1) is 7.99. The first-order valence-corrected chi connectivity index (χ1v) is 6.02. The molecule has 0 bridgehead atoms. The summed E-state index contributed by atoms with van der Waals surface area (Å²) in [7, 11) is 0. The first-order valence-electron chi connectivity index (χ1n) is 6.02. The molecular formula is C14H18O3. The van der Waals surface area contributed by atoms with Crippen LogP contribution in [-0.2, 0) is 10.2 Å². The summed E-state index contributed by atoms with van der Waals surface area (Å²) in [6.07, 6.45) is 3.33. The standard InChI is InChI=1S/C14H18O3/c1-9-10(2)12(15)6-5-11(9)14(13(16)17)7-3-4-8-14/h5-6,15H,3-4,7-8H2,1-2H3,(H,16,17). The van der Waals surface area contributed by atoms with Crippen LogP contribution in [0.5, 0.6) is 5.75 Å². The van der Waals surface area contributed by atoms with Gasteiger partial charge in [0.15, 0.2) is 0 Å². The van der Waals surface area contributed by atoms with Crippen molar-refractivity contribution >= 4 is 5.97 Å². The van der Waals surface area contributed by atoms with E-state index >= 15 is 0 Å². The average molecular weight is 234 g/mol. The molecule has 1 fully saturated rings. The van der Waals surface area contributed by atoms with Gasteiger partial charge in [-0.15, -0.1) is 0 Å². The SMILES string of the molecule is Cc1c(O)ccc(C2(C(=O)O)CCCC2)c1C. The Labute approximate surface area is 101 Å². The fourth-order valence-corrected chi connectivity index (χ4v) is 2.90. The summed E-state index contributed by atoms with van der Waals surface area (Å²) in [4.78, 5) is 11.6. The summed E-state index contributed by atoms with van der Waals surface area (Å²) in [6.45, 7) is 3.73. The van der Waals surface area contributed by atoms with Crippen LogP contribution >= 0.6 is 0 Å². The fourth-order valence-electron chi connectivity index (χ4n) is 2.90. The van der Waals surface area contributed by atoms with Gasteiger partial charge in [-0.25, -0.2) is 0 Å². The summed E-state index contributed by atoms with van der Waals surface area (Å²) in [5.41, 5.74) is 1.84. The zero-order chi connectivity index (χ0) is 12.6. The smallest absolute Gasteiger partial charge is 0.314 e. The molecule has 1 saturated carbocycles. The van der Waals surface area contributed by atoms with Crippen molar-refractivity contribution in [1.82, 2.24) is 0 Å². The summed E-state index contributed by atoms with van der Waals surface area (Å²) in [5, 5.41) is 19.2. The Morgan fingerprint density at radius 3 is 2.29 bits per heavy atom. The molecule has 3 nitrogen and oxygen atoms in total. The molecule has 0 spiro atoms. The van der Waals surface area contributed by atoms with Gasteiger partial charge in [-0.05, 0) is 49.4 Å². The third kappa shape index (κ3) is 1.70. The van der Waals surface area contributed by atoms with Crippen LogP contribution in [0.3, 0.4) is 0 Å². The quantitative estimate of drug-likeness (QED) is 0.827. The Morgan fingerprint density at radius 2 is 1.76 bits per heavy atom. The molecule has 0 radical (unpaired) electrons. The Balaban J connectivity index is 2.59. The third-order valence-electron chi connectivity index (χ3n) is 4.14. The molecule has 2 rings (SSSR count). The summed E-state index contributed by atoms with van der Waals surface area (Å²) < 4.78 is 0. The highest BCUT2D eigenvalue weighted by Gasteiger charge is 2.43. The number of phenolic OH excluding ortho intramolecular Hbond substituents is 1. The molecule has 1 aliphatic carbocycles. The molecule has 1 aromatic rings. The van der Waals surface area contributed by atoms with E-state index in [1.54, 1.807) is 12.1 Å². The van der Waals surface area contributed by atoms with Gasteiger partial charge in [-0.2, -0.15) is 0 Å². The van der Waals surface area contributed by atoms with Crippen LogP contribution in [0.2, 0.25) is 0 Å². The zero-order valence-electron chi connectivity index (χ0n) is 10.3. The molecule has 0 unspecified atom stereocenters. The van der Waals surface area contributed by atoms with Crippen LogP contribution in [0.4, 0.5) is 0 Å². The number of hydrogen-bond donors (Lipinski definition) is 2. The Morgan fingerprint density at radius 1 is 1.18 bits per heavy atom. The molecule has 0 aromatic heterocycles. The molecule has 0 atom stereocenters. The van der Waals surface area contributed by atoms with Crippen LogP contribution < -0.4 is 0 Å². The zero-order valence-corrected chi connectivity index (χ0v) is 10.3. The predicted molar refractivity (Wildman–Crippen MR) is 65.4 cm³/mol. The highest BCUT2D eigenvalue weighted by Crippen LogP contribution is 2.44. The number of phenols is 1. The van der Waals surface area contributed by atoms with Gasteiger partial charge >= 0.3 is 5.97 Å². The van der Waals surface area contributed by atoms with Crippen LogP contribution in [0.25, 0.3) is 0 Å². The lowest BCUT2D eigenvalue weighted by Crippen LogP contribution is -2.33. The predicted octanol–water partition coefficient (Wildman–Crippen LogP) is 2.91. The number of carboxylic acids is 1. The Hall–Kier alpha value is -1.51. The molecule has 0 amide bonds. The maximum absolute atomic E-state index is 11.6. The van der Waals surface area contributed by atoms with E-state index in [-0.39, 0.29) is 5.75 Å². The second-order valence-electron chi connectivity index (χ2n) is 4.98. The normalized spacial score (nSPS) is 18.2. The van der Waals surface area contributed by atoms with Crippen molar-refractivity contribution in [3.05, 3.63) is 28.8 Å². The van der Waals surface area contributed by atoms with Gasteiger partial charge in [-0.1, -0.05) is 18.9 Å². The molecule has 17 heavy (non-hydrogen) atoms. The summed E-state index contributed by atoms with van der Waals surface area (Å²) in [5.74, 6) is -0.493. The van der Waals surface area contributed by atoms with Gasteiger partial charge in [0.25, 0.3) is 0 Å². The molecule has 0 saturated heterocycles. The minimum atomic E-state index is -0.734. The lowest BCUT2D eigenvalue weighted by atomic mass is 9.76. The van der Waals surface area contributed by atoms with Crippen LogP contribution in [0.15, 0.2) is 12.1 Å². The summed E-state index contributed by atoms with van der Waals surface area (Å²) >= 11 is 0. The van der Waals surface area contributed by atoms with Crippen LogP contribution in [-0.4, -0.2) is 16.2 Å². The average Bonchev–Trinajstić information content (AvgIpc) is 2.76. The van der Waals surface area contributed by atoms with E-state index in [4.69, 9.17) is 0 Å². The van der Waals surface area contributed by atoms with Crippen molar-refractivity contribution in [3.8, 4) is 5.75 Å². The van der Waals surface area contributed by atoms with E-state index in [0.717, 1.165) is 29.5 Å². The number of aromatic hydroxyl groups is 1. The second-order valence-corrected chi connectivity index (χ2v) is 4.98. The molecule has 2 N–H and O–H groups in total.